The van der Waals surface area contributed by atoms with Gasteiger partial charge in [-0.05, 0) is 18.2 Å². The van der Waals surface area contributed by atoms with E-state index in [1.54, 1.807) is 36.2 Å². The monoisotopic (exact) mass is 321 g/mol. The third kappa shape index (κ3) is 2.49. The molecule has 1 amide bonds. The Bertz CT molecular complexity index is 766. The number of aromatic hydroxyl groups is 1. The number of thioether (sulfide) groups is 1. The number of halogens is 1. The van der Waals surface area contributed by atoms with Crippen molar-refractivity contribution in [3.63, 3.8) is 0 Å². The fourth-order valence-corrected chi connectivity index (χ4v) is 3.06. The number of aromatic nitrogens is 1. The fraction of sp³-hybridized carbons (Fsp3) is 0.400. The topological polar surface area (TPSA) is 66.9 Å². The highest BCUT2D eigenvalue weighted by molar-refractivity contribution is 8.00. The van der Waals surface area contributed by atoms with Crippen LogP contribution >= 0.6 is 11.8 Å². The molecule has 0 bridgehead atoms. The summed E-state index contributed by atoms with van der Waals surface area (Å²) in [5.41, 5.74) is 0.857. The quantitative estimate of drug-likeness (QED) is 0.868. The van der Waals surface area contributed by atoms with Crippen molar-refractivity contribution in [2.45, 2.75) is 19.9 Å². The second kappa shape index (κ2) is 5.72. The summed E-state index contributed by atoms with van der Waals surface area (Å²) in [6.07, 6.45) is 0. The third-order valence-corrected chi connectivity index (χ3v) is 4.88. The number of amides is 1. The van der Waals surface area contributed by atoms with Gasteiger partial charge in [-0.25, -0.2) is 4.39 Å². The Morgan fingerprint density at radius 1 is 1.45 bits per heavy atom. The minimum Gasteiger partial charge on any atom is -0.493 e. The maximum atomic E-state index is 13.5. The molecule has 1 aromatic heterocycles. The van der Waals surface area contributed by atoms with Gasteiger partial charge >= 0.3 is 0 Å². The van der Waals surface area contributed by atoms with Crippen molar-refractivity contribution in [3.05, 3.63) is 24.0 Å². The number of azo groups is 1. The first kappa shape index (κ1) is 15.0. The van der Waals surface area contributed by atoms with Gasteiger partial charge in [0.15, 0.2) is 5.69 Å². The van der Waals surface area contributed by atoms with Gasteiger partial charge in [0.1, 0.15) is 5.82 Å². The van der Waals surface area contributed by atoms with Gasteiger partial charge in [-0.15, -0.1) is 10.2 Å². The smallest absolute Gasteiger partial charge is 0.267 e. The van der Waals surface area contributed by atoms with Crippen LogP contribution in [-0.4, -0.2) is 27.1 Å². The average Bonchev–Trinajstić information content (AvgIpc) is 2.67. The molecule has 5 nitrogen and oxygen atoms in total. The second-order valence-electron chi connectivity index (χ2n) is 5.59. The number of fused-ring (bicyclic) bond motifs is 1. The molecule has 0 unspecified atom stereocenters. The Kier molecular flexibility index (Phi) is 3.90. The summed E-state index contributed by atoms with van der Waals surface area (Å²) in [7, 11) is 0. The van der Waals surface area contributed by atoms with E-state index < -0.39 is 5.82 Å². The van der Waals surface area contributed by atoms with Gasteiger partial charge in [-0.2, -0.15) is 11.8 Å². The van der Waals surface area contributed by atoms with Crippen molar-refractivity contribution in [2.24, 2.45) is 16.1 Å². The zero-order chi connectivity index (χ0) is 15.9. The number of benzene rings is 1. The fourth-order valence-electron chi connectivity index (χ4n) is 2.31. The highest BCUT2D eigenvalue weighted by atomic mass is 32.2. The van der Waals surface area contributed by atoms with Crippen LogP contribution in [0, 0.1) is 11.7 Å². The van der Waals surface area contributed by atoms with Crippen LogP contribution in [0.4, 0.5) is 10.1 Å². The van der Waals surface area contributed by atoms with E-state index in [9.17, 15) is 14.3 Å². The Morgan fingerprint density at radius 2 is 2.18 bits per heavy atom. The molecule has 7 heteroatoms. The lowest BCUT2D eigenvalue weighted by Crippen LogP contribution is -2.22. The lowest BCUT2D eigenvalue weighted by molar-refractivity contribution is -0.121. The number of hydrogen-bond acceptors (Lipinski definition) is 4. The Morgan fingerprint density at radius 3 is 2.77 bits per heavy atom. The van der Waals surface area contributed by atoms with Crippen molar-refractivity contribution < 1.29 is 14.3 Å². The highest BCUT2D eigenvalue weighted by Crippen LogP contribution is 2.44. The molecule has 0 spiro atoms. The van der Waals surface area contributed by atoms with Crippen molar-refractivity contribution >= 4 is 34.3 Å². The molecule has 1 N–H and O–H groups in total. The van der Waals surface area contributed by atoms with Crippen LogP contribution in [0.5, 0.6) is 5.88 Å². The van der Waals surface area contributed by atoms with Crippen molar-refractivity contribution in [1.29, 1.82) is 0 Å². The summed E-state index contributed by atoms with van der Waals surface area (Å²) in [6, 6.07) is 4.44. The van der Waals surface area contributed by atoms with Gasteiger partial charge in [0.2, 0.25) is 5.88 Å². The molecule has 0 saturated carbocycles. The van der Waals surface area contributed by atoms with E-state index >= 15 is 0 Å². The predicted octanol–water partition coefficient (Wildman–Crippen LogP) is 4.04. The Hall–Kier alpha value is -1.89. The van der Waals surface area contributed by atoms with Crippen molar-refractivity contribution in [3.8, 4) is 5.88 Å². The minimum absolute atomic E-state index is 0.0637. The zero-order valence-electron chi connectivity index (χ0n) is 12.3. The molecule has 1 aliphatic heterocycles. The van der Waals surface area contributed by atoms with E-state index in [2.05, 4.69) is 10.2 Å². The summed E-state index contributed by atoms with van der Waals surface area (Å²) in [6.45, 7) is 3.44. The minimum atomic E-state index is -0.417. The molecule has 22 heavy (non-hydrogen) atoms. The van der Waals surface area contributed by atoms with E-state index in [0.29, 0.717) is 10.9 Å². The number of nitrogens with zero attached hydrogens (tertiary/aromatic N) is 3. The third-order valence-electron chi connectivity index (χ3n) is 3.64. The lowest BCUT2D eigenvalue weighted by atomic mass is 10.2. The average molecular weight is 321 g/mol. The summed E-state index contributed by atoms with van der Waals surface area (Å²) >= 11 is 1.78. The Labute approximate surface area is 131 Å². The highest BCUT2D eigenvalue weighted by Gasteiger charge is 2.27. The molecule has 116 valence electrons. The summed E-state index contributed by atoms with van der Waals surface area (Å²) in [5.74, 6) is 0.632. The van der Waals surface area contributed by atoms with Crippen LogP contribution in [0.15, 0.2) is 28.4 Å². The number of carbonyl (C=O) groups excluding carboxylic acids is 1. The van der Waals surface area contributed by atoms with Gasteiger partial charge in [0.25, 0.3) is 5.91 Å². The van der Waals surface area contributed by atoms with Crippen LogP contribution in [-0.2, 0) is 4.79 Å². The first-order valence-electron chi connectivity index (χ1n) is 7.04. The maximum absolute atomic E-state index is 13.5. The number of rotatable bonds is 3. The first-order chi connectivity index (χ1) is 10.5. The number of carbonyl (C=O) groups is 1. The SMILES string of the molecule is CC(C)C(=O)N=Nc1c(O)n(C2CSC2)c2ccc(F)cc12. The van der Waals surface area contributed by atoms with Gasteiger partial charge in [0, 0.05) is 22.8 Å². The van der Waals surface area contributed by atoms with Gasteiger partial charge < -0.3 is 9.67 Å². The zero-order valence-corrected chi connectivity index (χ0v) is 13.1. The Balaban J connectivity index is 2.14. The van der Waals surface area contributed by atoms with E-state index in [4.69, 9.17) is 0 Å². The molecule has 2 aromatic rings. The van der Waals surface area contributed by atoms with E-state index in [-0.39, 0.29) is 29.4 Å². The van der Waals surface area contributed by atoms with Crippen molar-refractivity contribution in [2.75, 3.05) is 11.5 Å². The largest absolute Gasteiger partial charge is 0.493 e. The molecular weight excluding hydrogens is 305 g/mol. The molecule has 1 fully saturated rings. The molecular formula is C15H16FN3O2S. The van der Waals surface area contributed by atoms with Crippen LogP contribution in [0.2, 0.25) is 0 Å². The molecule has 3 rings (SSSR count). The number of hydrogen-bond donors (Lipinski definition) is 1. The molecule has 1 saturated heterocycles. The van der Waals surface area contributed by atoms with Crippen LogP contribution in [0.25, 0.3) is 10.9 Å². The van der Waals surface area contributed by atoms with E-state index in [1.807, 2.05) is 0 Å². The van der Waals surface area contributed by atoms with Gasteiger partial charge in [-0.3, -0.25) is 4.79 Å². The maximum Gasteiger partial charge on any atom is 0.267 e. The van der Waals surface area contributed by atoms with Crippen LogP contribution < -0.4 is 0 Å². The lowest BCUT2D eigenvalue weighted by Gasteiger charge is -2.27. The second-order valence-corrected chi connectivity index (χ2v) is 6.66. The summed E-state index contributed by atoms with van der Waals surface area (Å²) in [4.78, 5) is 11.6. The van der Waals surface area contributed by atoms with E-state index in [1.165, 1.54) is 12.1 Å². The molecule has 2 heterocycles. The van der Waals surface area contributed by atoms with Crippen molar-refractivity contribution in [1.82, 2.24) is 4.57 Å². The molecule has 0 aliphatic carbocycles. The van der Waals surface area contributed by atoms with Gasteiger partial charge in [-0.1, -0.05) is 13.8 Å². The molecule has 1 aromatic carbocycles. The normalized spacial score (nSPS) is 15.8. The molecule has 0 atom stereocenters. The molecule has 1 aliphatic rings. The predicted molar refractivity (Wildman–Crippen MR) is 84.3 cm³/mol. The standard InChI is InChI=1S/C15H16FN3O2S/c1-8(2)14(20)18-17-13-11-5-9(16)3-4-12(11)19(15(13)21)10-6-22-7-10/h3-5,8,10,21H,6-7H2,1-2H3. The van der Waals surface area contributed by atoms with Gasteiger partial charge in [0.05, 0.1) is 11.6 Å². The first-order valence-corrected chi connectivity index (χ1v) is 8.20. The summed E-state index contributed by atoms with van der Waals surface area (Å²) in [5, 5.41) is 18.4. The summed E-state index contributed by atoms with van der Waals surface area (Å²) < 4.78 is 15.3. The van der Waals surface area contributed by atoms with Crippen LogP contribution in [0.1, 0.15) is 19.9 Å². The van der Waals surface area contributed by atoms with E-state index in [0.717, 1.165) is 11.5 Å². The molecule has 0 radical (unpaired) electrons. The van der Waals surface area contributed by atoms with Crippen LogP contribution in [0.3, 0.4) is 0 Å².